The van der Waals surface area contributed by atoms with Gasteiger partial charge in [-0.1, -0.05) is 4.40 Å². The van der Waals surface area contributed by atoms with Gasteiger partial charge in [0.1, 0.15) is 31.9 Å². The molecule has 3 aromatic rings. The van der Waals surface area contributed by atoms with Crippen molar-refractivity contribution in [2.75, 3.05) is 18.0 Å². The van der Waals surface area contributed by atoms with Crippen LogP contribution in [-0.2, 0) is 17.8 Å². The van der Waals surface area contributed by atoms with Gasteiger partial charge in [-0.2, -0.15) is 5.10 Å². The summed E-state index contributed by atoms with van der Waals surface area (Å²) in [6.07, 6.45) is 6.34. The zero-order valence-electron chi connectivity index (χ0n) is 18.8. The minimum Gasteiger partial charge on any atom is -0.591 e. The van der Waals surface area contributed by atoms with Gasteiger partial charge in [-0.25, -0.2) is 9.50 Å². The van der Waals surface area contributed by atoms with Gasteiger partial charge in [0.25, 0.3) is 0 Å². The molecule has 1 unspecified atom stereocenters. The molecular formula is C23H27BrN6OS. The summed E-state index contributed by atoms with van der Waals surface area (Å²) in [6.45, 7) is 9.61. The van der Waals surface area contributed by atoms with Gasteiger partial charge in [0.2, 0.25) is 0 Å². The molecule has 1 spiro atoms. The van der Waals surface area contributed by atoms with Gasteiger partial charge in [-0.3, -0.25) is 4.98 Å². The van der Waals surface area contributed by atoms with E-state index in [2.05, 4.69) is 37.0 Å². The second-order valence-electron chi connectivity index (χ2n) is 9.68. The van der Waals surface area contributed by atoms with Crippen molar-refractivity contribution in [1.82, 2.24) is 19.6 Å². The number of pyridine rings is 1. The third kappa shape index (κ3) is 3.54. The topological polar surface area (TPSA) is 81.7 Å². The molecule has 7 nitrogen and oxygen atoms in total. The predicted octanol–water partition coefficient (Wildman–Crippen LogP) is 4.29. The van der Waals surface area contributed by atoms with Crippen molar-refractivity contribution in [2.45, 2.75) is 51.7 Å². The summed E-state index contributed by atoms with van der Waals surface area (Å²) in [4.78, 5) is 11.9. The van der Waals surface area contributed by atoms with Crippen LogP contribution in [0.5, 0.6) is 0 Å². The van der Waals surface area contributed by atoms with Crippen LogP contribution in [0.1, 0.15) is 50.6 Å². The maximum atomic E-state index is 13.0. The lowest BCUT2D eigenvalue weighted by Crippen LogP contribution is -2.44. The molecule has 0 bridgehead atoms. The Balaban J connectivity index is 1.48. The standard InChI is InChI=1S/C23H27BrN6OS/c1-15-20(24)30-18(7-11-26-30)21(27-15)29-12-8-23(9-13-29)14-17-16(6-5-10-25-17)19(23)28-32(31)22(2,3)4/h5-7,10-11H,8-9,12-14H2,1-4H3. The zero-order chi connectivity index (χ0) is 22.7. The van der Waals surface area contributed by atoms with E-state index in [1.807, 2.05) is 56.7 Å². The lowest BCUT2D eigenvalue weighted by Gasteiger charge is -2.40. The van der Waals surface area contributed by atoms with Crippen LogP contribution in [-0.4, -0.2) is 47.7 Å². The Morgan fingerprint density at radius 3 is 2.66 bits per heavy atom. The van der Waals surface area contributed by atoms with Crippen LogP contribution in [0.25, 0.3) is 5.52 Å². The third-order valence-corrected chi connectivity index (χ3v) is 8.81. The van der Waals surface area contributed by atoms with Gasteiger partial charge in [0, 0.05) is 36.7 Å². The monoisotopic (exact) mass is 514 g/mol. The van der Waals surface area contributed by atoms with E-state index < -0.39 is 16.1 Å². The number of aromatic nitrogens is 4. The average molecular weight is 515 g/mol. The van der Waals surface area contributed by atoms with E-state index in [4.69, 9.17) is 9.38 Å². The molecule has 0 aromatic carbocycles. The van der Waals surface area contributed by atoms with E-state index in [0.717, 1.165) is 71.0 Å². The van der Waals surface area contributed by atoms with Crippen molar-refractivity contribution < 1.29 is 4.55 Å². The van der Waals surface area contributed by atoms with Crippen molar-refractivity contribution in [3.63, 3.8) is 0 Å². The minimum atomic E-state index is -1.31. The minimum absolute atomic E-state index is 0.130. The van der Waals surface area contributed by atoms with Gasteiger partial charge in [0.15, 0.2) is 5.82 Å². The number of fused-ring (bicyclic) bond motifs is 2. The highest BCUT2D eigenvalue weighted by atomic mass is 79.9. The molecule has 1 aliphatic heterocycles. The number of rotatable bonds is 2. The van der Waals surface area contributed by atoms with Crippen LogP contribution < -0.4 is 4.90 Å². The Kier molecular flexibility index (Phi) is 5.34. The number of hydrogen-bond donors (Lipinski definition) is 0. The fraction of sp³-hybridized carbons (Fsp3) is 0.478. The maximum Gasteiger partial charge on any atom is 0.155 e. The molecule has 4 heterocycles. The van der Waals surface area contributed by atoms with Gasteiger partial charge >= 0.3 is 0 Å². The molecule has 0 radical (unpaired) electrons. The quantitative estimate of drug-likeness (QED) is 0.476. The van der Waals surface area contributed by atoms with Crippen molar-refractivity contribution in [3.8, 4) is 0 Å². The fourth-order valence-electron chi connectivity index (χ4n) is 4.69. The van der Waals surface area contributed by atoms with Gasteiger partial charge in [-0.15, -0.1) is 0 Å². The van der Waals surface area contributed by atoms with E-state index in [1.54, 1.807) is 0 Å². The first-order chi connectivity index (χ1) is 15.2. The summed E-state index contributed by atoms with van der Waals surface area (Å²) in [5.74, 6) is 0.962. The molecule has 1 atom stereocenters. The molecule has 5 rings (SSSR count). The molecule has 1 aliphatic carbocycles. The first-order valence-corrected chi connectivity index (χ1v) is 12.8. The highest BCUT2D eigenvalue weighted by Gasteiger charge is 2.48. The van der Waals surface area contributed by atoms with Crippen LogP contribution in [0.2, 0.25) is 0 Å². The summed E-state index contributed by atoms with van der Waals surface area (Å²) in [6, 6.07) is 6.04. The lowest BCUT2D eigenvalue weighted by atomic mass is 9.75. The molecule has 0 amide bonds. The highest BCUT2D eigenvalue weighted by Crippen LogP contribution is 2.46. The zero-order valence-corrected chi connectivity index (χ0v) is 21.2. The maximum absolute atomic E-state index is 13.0. The predicted molar refractivity (Wildman–Crippen MR) is 132 cm³/mol. The molecule has 3 aromatic heterocycles. The van der Waals surface area contributed by atoms with Crippen LogP contribution in [0.4, 0.5) is 5.82 Å². The van der Waals surface area contributed by atoms with Crippen LogP contribution in [0.3, 0.4) is 0 Å². The van der Waals surface area contributed by atoms with Crippen LogP contribution in [0, 0.1) is 12.3 Å². The van der Waals surface area contributed by atoms with E-state index in [0.29, 0.717) is 0 Å². The van der Waals surface area contributed by atoms with E-state index in [-0.39, 0.29) is 5.41 Å². The first kappa shape index (κ1) is 21.9. The van der Waals surface area contributed by atoms with Crippen LogP contribution >= 0.6 is 15.9 Å². The fourth-order valence-corrected chi connectivity index (χ4v) is 5.79. The molecule has 9 heteroatoms. The number of nitrogens with zero attached hydrogens (tertiary/aromatic N) is 6. The summed E-state index contributed by atoms with van der Waals surface area (Å²) in [5, 5.41) is 4.44. The van der Waals surface area contributed by atoms with Crippen molar-refractivity contribution in [2.24, 2.45) is 9.81 Å². The summed E-state index contributed by atoms with van der Waals surface area (Å²) in [7, 11) is 0. The second-order valence-corrected chi connectivity index (χ2v) is 12.3. The van der Waals surface area contributed by atoms with Crippen molar-refractivity contribution in [1.29, 1.82) is 0 Å². The number of anilines is 1. The number of piperidine rings is 1. The normalized spacial score (nSPS) is 20.3. The smallest absolute Gasteiger partial charge is 0.155 e. The Morgan fingerprint density at radius 1 is 1.19 bits per heavy atom. The molecule has 1 fully saturated rings. The Morgan fingerprint density at radius 2 is 1.94 bits per heavy atom. The molecular weight excluding hydrogens is 488 g/mol. The largest absolute Gasteiger partial charge is 0.591 e. The van der Waals surface area contributed by atoms with E-state index in [9.17, 15) is 4.55 Å². The van der Waals surface area contributed by atoms with E-state index >= 15 is 0 Å². The first-order valence-electron chi connectivity index (χ1n) is 10.9. The highest BCUT2D eigenvalue weighted by molar-refractivity contribution is 9.10. The summed E-state index contributed by atoms with van der Waals surface area (Å²) in [5.41, 5.74) is 4.89. The van der Waals surface area contributed by atoms with Gasteiger partial charge in [-0.05, 0) is 74.7 Å². The van der Waals surface area contributed by atoms with E-state index in [1.165, 1.54) is 0 Å². The number of halogens is 1. The summed E-state index contributed by atoms with van der Waals surface area (Å²) >= 11 is 2.29. The summed E-state index contributed by atoms with van der Waals surface area (Å²) < 4.78 is 20.2. The lowest BCUT2D eigenvalue weighted by molar-refractivity contribution is 0.328. The molecule has 32 heavy (non-hydrogen) atoms. The molecule has 2 aliphatic rings. The number of hydrogen-bond acceptors (Lipinski definition) is 6. The molecule has 0 saturated carbocycles. The Hall–Kier alpha value is -1.97. The second kappa shape index (κ2) is 7.81. The molecule has 1 saturated heterocycles. The Labute approximate surface area is 199 Å². The Bertz CT molecular complexity index is 1210. The van der Waals surface area contributed by atoms with Crippen molar-refractivity contribution in [3.05, 3.63) is 52.1 Å². The molecule has 168 valence electrons. The van der Waals surface area contributed by atoms with Gasteiger partial charge in [0.05, 0.1) is 17.6 Å². The number of aryl methyl sites for hydroxylation is 1. The average Bonchev–Trinajstić information content (AvgIpc) is 3.35. The van der Waals surface area contributed by atoms with Gasteiger partial charge < -0.3 is 9.45 Å². The van der Waals surface area contributed by atoms with Crippen LogP contribution in [0.15, 0.2) is 39.6 Å². The van der Waals surface area contributed by atoms with Crippen molar-refractivity contribution >= 4 is 44.3 Å². The third-order valence-electron chi connectivity index (χ3n) is 6.50. The molecule has 0 N–H and O–H groups in total. The SMILES string of the molecule is Cc1nc(N2CCC3(CC2)Cc2ncccc2C3=N[S+]([O-])C(C)(C)C)c2ccnn2c1Br.